The van der Waals surface area contributed by atoms with Gasteiger partial charge in [-0.3, -0.25) is 9.69 Å². The van der Waals surface area contributed by atoms with Crippen LogP contribution >= 0.6 is 0 Å². The first kappa shape index (κ1) is 16.1. The molecule has 0 saturated heterocycles. The summed E-state index contributed by atoms with van der Waals surface area (Å²) in [6.07, 6.45) is 2.84. The number of hydrogen-bond donors (Lipinski definition) is 1. The number of fused-ring (bicyclic) bond motifs is 1. The van der Waals surface area contributed by atoms with Gasteiger partial charge in [-0.25, -0.2) is 4.79 Å². The van der Waals surface area contributed by atoms with Crippen LogP contribution in [0.3, 0.4) is 0 Å². The normalized spacial score (nSPS) is 14.1. The van der Waals surface area contributed by atoms with Crippen LogP contribution in [0.1, 0.15) is 38.8 Å². The summed E-state index contributed by atoms with van der Waals surface area (Å²) in [6, 6.07) is 5.69. The zero-order valence-corrected chi connectivity index (χ0v) is 13.5. The molecule has 0 radical (unpaired) electrons. The van der Waals surface area contributed by atoms with Crippen molar-refractivity contribution in [1.82, 2.24) is 4.90 Å². The lowest BCUT2D eigenvalue weighted by Crippen LogP contribution is -2.33. The Hall–Kier alpha value is -2.30. The monoisotopic (exact) mass is 302 g/mol. The summed E-state index contributed by atoms with van der Waals surface area (Å²) in [5.74, 6) is -0.163. The fourth-order valence-corrected chi connectivity index (χ4v) is 2.26. The number of nitrogens with one attached hydrogen (secondary N) is 1. The van der Waals surface area contributed by atoms with Crippen LogP contribution in [0.5, 0.6) is 0 Å². The van der Waals surface area contributed by atoms with E-state index < -0.39 is 5.60 Å². The first-order chi connectivity index (χ1) is 10.3. The first-order valence-electron chi connectivity index (χ1n) is 7.32. The van der Waals surface area contributed by atoms with E-state index in [1.165, 1.54) is 6.08 Å². The number of ether oxygens (including phenoxy) is 1. The number of rotatable bonds is 2. The van der Waals surface area contributed by atoms with E-state index in [4.69, 9.17) is 4.74 Å². The van der Waals surface area contributed by atoms with E-state index in [2.05, 4.69) is 5.32 Å². The number of allylic oxidation sites excluding steroid dienone is 1. The van der Waals surface area contributed by atoms with Crippen LogP contribution in [0, 0.1) is 0 Å². The number of nitrogens with zero attached hydrogens (tertiary/aromatic N) is 1. The summed E-state index contributed by atoms with van der Waals surface area (Å²) >= 11 is 0. The average molecular weight is 302 g/mol. The van der Waals surface area contributed by atoms with Crippen LogP contribution in [0.25, 0.3) is 0 Å². The molecular weight excluding hydrogens is 280 g/mol. The molecule has 1 aromatic carbocycles. The van der Waals surface area contributed by atoms with Gasteiger partial charge in [0.2, 0.25) is 5.91 Å². The molecule has 5 heteroatoms. The van der Waals surface area contributed by atoms with Gasteiger partial charge in [-0.05, 0) is 57.0 Å². The molecule has 0 fully saturated rings. The zero-order chi connectivity index (χ0) is 16.3. The quantitative estimate of drug-likeness (QED) is 0.851. The third-order valence-electron chi connectivity index (χ3n) is 3.17. The van der Waals surface area contributed by atoms with E-state index in [-0.39, 0.29) is 12.0 Å². The number of amides is 2. The molecule has 1 aliphatic heterocycles. The molecule has 0 aromatic heterocycles. The maximum absolute atomic E-state index is 12.1. The van der Waals surface area contributed by atoms with Crippen molar-refractivity contribution in [2.45, 2.75) is 46.4 Å². The van der Waals surface area contributed by atoms with Crippen LogP contribution in [-0.2, 0) is 22.6 Å². The number of hydrogen-bond acceptors (Lipinski definition) is 3. The molecule has 22 heavy (non-hydrogen) atoms. The van der Waals surface area contributed by atoms with Gasteiger partial charge < -0.3 is 10.1 Å². The van der Waals surface area contributed by atoms with E-state index in [9.17, 15) is 9.59 Å². The molecular formula is C17H22N2O3. The molecule has 118 valence electrons. The highest BCUT2D eigenvalue weighted by molar-refractivity contribution is 5.99. The smallest absolute Gasteiger partial charge is 0.410 e. The van der Waals surface area contributed by atoms with Gasteiger partial charge in [-0.1, -0.05) is 12.1 Å². The van der Waals surface area contributed by atoms with Gasteiger partial charge >= 0.3 is 6.09 Å². The second-order valence-electron chi connectivity index (χ2n) is 6.31. The SMILES string of the molecule is C/C=C/C(=O)Nc1ccc2c(c1)CN(C(=O)OC(C)(C)C)C2. The molecule has 0 spiro atoms. The molecule has 0 unspecified atom stereocenters. The number of carbonyl (C=O) groups excluding carboxylic acids is 2. The van der Waals surface area contributed by atoms with Crippen LogP contribution in [0.4, 0.5) is 10.5 Å². The van der Waals surface area contributed by atoms with E-state index in [1.807, 2.05) is 39.0 Å². The lowest BCUT2D eigenvalue weighted by molar-refractivity contribution is -0.111. The minimum atomic E-state index is -0.502. The van der Waals surface area contributed by atoms with Crippen molar-refractivity contribution in [3.8, 4) is 0 Å². The predicted octanol–water partition coefficient (Wildman–Crippen LogP) is 3.45. The topological polar surface area (TPSA) is 58.6 Å². The summed E-state index contributed by atoms with van der Waals surface area (Å²) in [5, 5.41) is 2.79. The van der Waals surface area contributed by atoms with Crippen molar-refractivity contribution in [3.63, 3.8) is 0 Å². The molecule has 2 rings (SSSR count). The van der Waals surface area contributed by atoms with Gasteiger partial charge in [-0.15, -0.1) is 0 Å². The number of carbonyl (C=O) groups is 2. The number of benzene rings is 1. The first-order valence-corrected chi connectivity index (χ1v) is 7.32. The van der Waals surface area contributed by atoms with E-state index in [0.29, 0.717) is 13.1 Å². The molecule has 1 aromatic rings. The molecule has 0 bridgehead atoms. The van der Waals surface area contributed by atoms with Crippen LogP contribution in [0.2, 0.25) is 0 Å². The van der Waals surface area contributed by atoms with Crippen molar-refractivity contribution >= 4 is 17.7 Å². The Morgan fingerprint density at radius 3 is 2.55 bits per heavy atom. The molecule has 5 nitrogen and oxygen atoms in total. The van der Waals surface area contributed by atoms with Crippen LogP contribution in [0.15, 0.2) is 30.4 Å². The van der Waals surface area contributed by atoms with E-state index >= 15 is 0 Å². The van der Waals surface area contributed by atoms with Crippen LogP contribution in [-0.4, -0.2) is 22.5 Å². The van der Waals surface area contributed by atoms with Gasteiger partial charge in [-0.2, -0.15) is 0 Å². The van der Waals surface area contributed by atoms with E-state index in [0.717, 1.165) is 16.8 Å². The van der Waals surface area contributed by atoms with Crippen molar-refractivity contribution in [1.29, 1.82) is 0 Å². The highest BCUT2D eigenvalue weighted by atomic mass is 16.6. The third kappa shape index (κ3) is 4.10. The second-order valence-corrected chi connectivity index (χ2v) is 6.31. The summed E-state index contributed by atoms with van der Waals surface area (Å²) in [4.78, 5) is 25.3. The third-order valence-corrected chi connectivity index (χ3v) is 3.17. The van der Waals surface area contributed by atoms with Crippen molar-refractivity contribution in [2.24, 2.45) is 0 Å². The molecule has 0 atom stereocenters. The summed E-state index contributed by atoms with van der Waals surface area (Å²) in [5.41, 5.74) is 2.34. The molecule has 0 aliphatic carbocycles. The maximum Gasteiger partial charge on any atom is 0.410 e. The number of anilines is 1. The Labute approximate surface area is 130 Å². The Bertz CT molecular complexity index is 615. The second kappa shape index (κ2) is 6.22. The Balaban J connectivity index is 2.05. The standard InChI is InChI=1S/C17H22N2O3/c1-5-6-15(20)18-14-8-7-12-10-19(11-13(12)9-14)16(21)22-17(2,3)4/h5-9H,10-11H2,1-4H3,(H,18,20)/b6-5+. The molecule has 0 saturated carbocycles. The predicted molar refractivity (Wildman–Crippen MR) is 85.4 cm³/mol. The maximum atomic E-state index is 12.1. The fraction of sp³-hybridized carbons (Fsp3) is 0.412. The molecule has 2 amide bonds. The lowest BCUT2D eigenvalue weighted by Gasteiger charge is -2.24. The van der Waals surface area contributed by atoms with Gasteiger partial charge in [0.1, 0.15) is 5.60 Å². The largest absolute Gasteiger partial charge is 0.444 e. The average Bonchev–Trinajstić information content (AvgIpc) is 2.80. The van der Waals surface area contributed by atoms with Crippen LogP contribution < -0.4 is 5.32 Å². The highest BCUT2D eigenvalue weighted by Gasteiger charge is 2.27. The van der Waals surface area contributed by atoms with Gasteiger partial charge in [0.25, 0.3) is 0 Å². The van der Waals surface area contributed by atoms with E-state index in [1.54, 1.807) is 17.9 Å². The van der Waals surface area contributed by atoms with Crippen molar-refractivity contribution < 1.29 is 14.3 Å². The molecule has 1 heterocycles. The minimum Gasteiger partial charge on any atom is -0.444 e. The Morgan fingerprint density at radius 2 is 1.91 bits per heavy atom. The Kier molecular flexibility index (Phi) is 4.54. The highest BCUT2D eigenvalue weighted by Crippen LogP contribution is 2.27. The van der Waals surface area contributed by atoms with Gasteiger partial charge in [0, 0.05) is 18.8 Å². The summed E-state index contributed by atoms with van der Waals surface area (Å²) in [7, 11) is 0. The fourth-order valence-electron chi connectivity index (χ4n) is 2.26. The van der Waals surface area contributed by atoms with Crippen molar-refractivity contribution in [2.75, 3.05) is 5.32 Å². The molecule has 1 aliphatic rings. The zero-order valence-electron chi connectivity index (χ0n) is 13.5. The Morgan fingerprint density at radius 1 is 1.23 bits per heavy atom. The van der Waals surface area contributed by atoms with Gasteiger partial charge in [0.05, 0.1) is 0 Å². The summed E-state index contributed by atoms with van der Waals surface area (Å²) < 4.78 is 5.39. The summed E-state index contributed by atoms with van der Waals surface area (Å²) in [6.45, 7) is 8.38. The van der Waals surface area contributed by atoms with Crippen molar-refractivity contribution in [3.05, 3.63) is 41.5 Å². The molecule has 1 N–H and O–H groups in total. The minimum absolute atomic E-state index is 0.163. The lowest BCUT2D eigenvalue weighted by atomic mass is 10.1. The van der Waals surface area contributed by atoms with Gasteiger partial charge in [0.15, 0.2) is 0 Å².